The monoisotopic (exact) mass is 272 g/mol. The molecular weight excluding hydrogens is 248 g/mol. The summed E-state index contributed by atoms with van der Waals surface area (Å²) in [7, 11) is 0. The highest BCUT2D eigenvalue weighted by molar-refractivity contribution is 5.30. The Hall–Kier alpha value is -1.28. The van der Waals surface area contributed by atoms with Crippen LogP contribution in [0.25, 0.3) is 0 Å². The van der Waals surface area contributed by atoms with Gasteiger partial charge in [-0.1, -0.05) is 43.7 Å². The lowest BCUT2D eigenvalue weighted by Gasteiger charge is -2.37. The average Bonchev–Trinajstić information content (AvgIpc) is 2.71. The van der Waals surface area contributed by atoms with E-state index in [1.165, 1.54) is 12.0 Å². The molecule has 0 unspecified atom stereocenters. The minimum absolute atomic E-state index is 0.157. The second-order valence-corrected chi connectivity index (χ2v) is 6.26. The predicted molar refractivity (Wildman–Crippen MR) is 80.4 cm³/mol. The summed E-state index contributed by atoms with van der Waals surface area (Å²) < 4.78 is 12.4. The smallest absolute Gasteiger partial charge is 0.101 e. The summed E-state index contributed by atoms with van der Waals surface area (Å²) in [5.74, 6) is 1.12. The van der Waals surface area contributed by atoms with Crippen molar-refractivity contribution < 1.29 is 9.47 Å². The normalized spacial score (nSPS) is 32.0. The lowest BCUT2D eigenvalue weighted by atomic mass is 9.87. The molecule has 0 amide bonds. The number of rotatable bonds is 5. The number of unbranched alkanes of at least 4 members (excludes halogenated alkanes) is 1. The van der Waals surface area contributed by atoms with Gasteiger partial charge in [0.05, 0.1) is 18.0 Å². The summed E-state index contributed by atoms with van der Waals surface area (Å²) in [4.78, 5) is 0. The number of ether oxygens (including phenoxy) is 2. The first-order valence-electron chi connectivity index (χ1n) is 7.76. The third kappa shape index (κ3) is 2.49. The van der Waals surface area contributed by atoms with Crippen molar-refractivity contribution in [3.63, 3.8) is 0 Å². The Morgan fingerprint density at radius 2 is 2.00 bits per heavy atom. The molecular formula is C18H24O2. The third-order valence-electron chi connectivity index (χ3n) is 4.47. The van der Waals surface area contributed by atoms with Crippen molar-refractivity contribution in [2.75, 3.05) is 6.61 Å². The highest BCUT2D eigenvalue weighted by atomic mass is 16.5. The van der Waals surface area contributed by atoms with E-state index in [4.69, 9.17) is 9.47 Å². The molecule has 0 radical (unpaired) electrons. The molecule has 0 aliphatic carbocycles. The first-order chi connectivity index (χ1) is 9.66. The molecule has 2 aliphatic rings. The zero-order valence-electron chi connectivity index (χ0n) is 12.5. The Morgan fingerprint density at radius 1 is 1.20 bits per heavy atom. The number of fused-ring (bicyclic) bond motifs is 2. The van der Waals surface area contributed by atoms with Gasteiger partial charge in [-0.05, 0) is 37.8 Å². The van der Waals surface area contributed by atoms with Crippen LogP contribution in [0.4, 0.5) is 0 Å². The fourth-order valence-electron chi connectivity index (χ4n) is 3.39. The van der Waals surface area contributed by atoms with E-state index in [-0.39, 0.29) is 11.2 Å². The standard InChI is InChI=1S/C18H24O2/c1-3-4-12-19-16-13-17(2)10-11-18(14-16,20-17)15-8-6-5-7-9-15/h5-9,13H,3-4,10-12,14H2,1-2H3/t17-,18+/m0/s1. The van der Waals surface area contributed by atoms with E-state index in [0.717, 1.165) is 38.0 Å². The van der Waals surface area contributed by atoms with Crippen LogP contribution in [0.2, 0.25) is 0 Å². The second-order valence-electron chi connectivity index (χ2n) is 6.26. The van der Waals surface area contributed by atoms with E-state index in [1.54, 1.807) is 0 Å². The zero-order valence-corrected chi connectivity index (χ0v) is 12.5. The van der Waals surface area contributed by atoms with Crippen LogP contribution in [0.5, 0.6) is 0 Å². The summed E-state index contributed by atoms with van der Waals surface area (Å²) in [5.41, 5.74) is 0.954. The van der Waals surface area contributed by atoms with E-state index in [2.05, 4.69) is 50.3 Å². The molecule has 2 nitrogen and oxygen atoms in total. The molecule has 2 heterocycles. The largest absolute Gasteiger partial charge is 0.498 e. The van der Waals surface area contributed by atoms with Crippen LogP contribution in [-0.4, -0.2) is 12.2 Å². The Kier molecular flexibility index (Phi) is 3.59. The van der Waals surface area contributed by atoms with Gasteiger partial charge in [0.2, 0.25) is 0 Å². The molecule has 3 rings (SSSR count). The van der Waals surface area contributed by atoms with Crippen LogP contribution in [0, 0.1) is 0 Å². The maximum atomic E-state index is 6.44. The maximum Gasteiger partial charge on any atom is 0.101 e. The second kappa shape index (κ2) is 5.25. The Bertz CT molecular complexity index is 493. The van der Waals surface area contributed by atoms with Gasteiger partial charge in [-0.25, -0.2) is 0 Å². The van der Waals surface area contributed by atoms with Crippen molar-refractivity contribution in [1.82, 2.24) is 0 Å². The molecule has 2 heteroatoms. The molecule has 20 heavy (non-hydrogen) atoms. The number of hydrogen-bond acceptors (Lipinski definition) is 2. The first kappa shape index (κ1) is 13.7. The number of benzene rings is 1. The van der Waals surface area contributed by atoms with Crippen LogP contribution in [-0.2, 0) is 15.1 Å². The molecule has 1 aromatic carbocycles. The fourth-order valence-corrected chi connectivity index (χ4v) is 3.39. The molecule has 1 fully saturated rings. The molecule has 0 saturated carbocycles. The van der Waals surface area contributed by atoms with Crippen molar-refractivity contribution in [2.24, 2.45) is 0 Å². The molecule has 1 saturated heterocycles. The molecule has 2 aliphatic heterocycles. The van der Waals surface area contributed by atoms with E-state index in [9.17, 15) is 0 Å². The van der Waals surface area contributed by atoms with Gasteiger partial charge in [-0.3, -0.25) is 0 Å². The van der Waals surface area contributed by atoms with Gasteiger partial charge >= 0.3 is 0 Å². The van der Waals surface area contributed by atoms with E-state index >= 15 is 0 Å². The van der Waals surface area contributed by atoms with Crippen LogP contribution in [0.15, 0.2) is 42.2 Å². The minimum Gasteiger partial charge on any atom is -0.498 e. The zero-order chi connectivity index (χ0) is 14.1. The van der Waals surface area contributed by atoms with Gasteiger partial charge in [0.25, 0.3) is 0 Å². The Labute approximate surface area is 121 Å². The van der Waals surface area contributed by atoms with Crippen LogP contribution < -0.4 is 0 Å². The summed E-state index contributed by atoms with van der Waals surface area (Å²) in [5, 5.41) is 0. The van der Waals surface area contributed by atoms with Crippen molar-refractivity contribution >= 4 is 0 Å². The average molecular weight is 272 g/mol. The summed E-state index contributed by atoms with van der Waals surface area (Å²) >= 11 is 0. The molecule has 1 aromatic rings. The van der Waals surface area contributed by atoms with E-state index < -0.39 is 0 Å². The predicted octanol–water partition coefficient (Wildman–Crippen LogP) is 4.56. The Morgan fingerprint density at radius 3 is 2.75 bits per heavy atom. The maximum absolute atomic E-state index is 6.44. The first-order valence-corrected chi connectivity index (χ1v) is 7.76. The van der Waals surface area contributed by atoms with Gasteiger partial charge in [-0.2, -0.15) is 0 Å². The van der Waals surface area contributed by atoms with Crippen molar-refractivity contribution in [1.29, 1.82) is 0 Å². The highest BCUT2D eigenvalue weighted by Crippen LogP contribution is 2.52. The van der Waals surface area contributed by atoms with Crippen molar-refractivity contribution in [2.45, 2.75) is 57.2 Å². The Balaban J connectivity index is 1.83. The molecule has 108 valence electrons. The lowest BCUT2D eigenvalue weighted by Crippen LogP contribution is -2.35. The molecule has 2 bridgehead atoms. The SMILES string of the molecule is CCCCOC1=C[C@]2(C)CC[C@](c3ccccc3)(C1)O2. The van der Waals surface area contributed by atoms with Crippen LogP contribution in [0.3, 0.4) is 0 Å². The fraction of sp³-hybridized carbons (Fsp3) is 0.556. The van der Waals surface area contributed by atoms with Gasteiger partial charge < -0.3 is 9.47 Å². The highest BCUT2D eigenvalue weighted by Gasteiger charge is 2.51. The van der Waals surface area contributed by atoms with E-state index in [1.807, 2.05) is 0 Å². The third-order valence-corrected chi connectivity index (χ3v) is 4.47. The topological polar surface area (TPSA) is 18.5 Å². The van der Waals surface area contributed by atoms with E-state index in [0.29, 0.717) is 0 Å². The summed E-state index contributed by atoms with van der Waals surface area (Å²) in [6.07, 6.45) is 7.51. The number of hydrogen-bond donors (Lipinski definition) is 0. The van der Waals surface area contributed by atoms with Crippen molar-refractivity contribution in [3.05, 3.63) is 47.7 Å². The summed E-state index contributed by atoms with van der Waals surface area (Å²) in [6, 6.07) is 10.6. The molecule has 0 spiro atoms. The molecule has 0 N–H and O–H groups in total. The van der Waals surface area contributed by atoms with Crippen molar-refractivity contribution in [3.8, 4) is 0 Å². The quantitative estimate of drug-likeness (QED) is 0.732. The lowest BCUT2D eigenvalue weighted by molar-refractivity contribution is -0.0972. The van der Waals surface area contributed by atoms with Gasteiger partial charge in [0.15, 0.2) is 0 Å². The van der Waals surface area contributed by atoms with Gasteiger partial charge in [0, 0.05) is 6.42 Å². The van der Waals surface area contributed by atoms with Crippen LogP contribution in [0.1, 0.15) is 51.5 Å². The summed E-state index contributed by atoms with van der Waals surface area (Å²) in [6.45, 7) is 5.20. The van der Waals surface area contributed by atoms with Gasteiger partial charge in [0.1, 0.15) is 5.60 Å². The van der Waals surface area contributed by atoms with Crippen LogP contribution >= 0.6 is 0 Å². The minimum atomic E-state index is -0.174. The molecule has 0 aromatic heterocycles. The molecule has 2 atom stereocenters. The van der Waals surface area contributed by atoms with Gasteiger partial charge in [-0.15, -0.1) is 0 Å².